The second-order valence-electron chi connectivity index (χ2n) is 1.83. The first kappa shape index (κ1) is 5.06. The first-order valence-corrected chi connectivity index (χ1v) is 2.63. The van der Waals surface area contributed by atoms with Gasteiger partial charge >= 0.3 is 0 Å². The molecule has 1 radical (unpaired) electrons. The van der Waals surface area contributed by atoms with Gasteiger partial charge in [-0.05, 0) is 13.3 Å². The zero-order chi connectivity index (χ0) is 5.28. The first-order valence-electron chi connectivity index (χ1n) is 2.63. The molecule has 1 rings (SSSR count). The van der Waals surface area contributed by atoms with Gasteiger partial charge in [-0.3, -0.25) is 4.84 Å². The van der Waals surface area contributed by atoms with Gasteiger partial charge in [0.2, 0.25) is 0 Å². The molecule has 7 heavy (non-hydrogen) atoms. The molecule has 0 aliphatic carbocycles. The summed E-state index contributed by atoms with van der Waals surface area (Å²) < 4.78 is 0. The van der Waals surface area contributed by atoms with E-state index in [2.05, 4.69) is 13.8 Å². The molecule has 1 heterocycles. The lowest BCUT2D eigenvalue weighted by atomic mass is 10.3. The third-order valence-electron chi connectivity index (χ3n) is 1.25. The lowest BCUT2D eigenvalue weighted by Gasteiger charge is -2.01. The van der Waals surface area contributed by atoms with Crippen LogP contribution in [0.3, 0.4) is 0 Å². The Morgan fingerprint density at radius 1 is 1.86 bits per heavy atom. The number of hydrogen-bond acceptors (Lipinski definition) is 2. The van der Waals surface area contributed by atoms with Crippen LogP contribution in [0, 0.1) is 6.73 Å². The fraction of sp³-hybridized carbons (Fsp3) is 0.800. The van der Waals surface area contributed by atoms with Crippen molar-refractivity contribution in [3.05, 3.63) is 6.73 Å². The molecule has 41 valence electrons. The molecular formula is C5H10NO. The maximum atomic E-state index is 4.77. The van der Waals surface area contributed by atoms with E-state index in [1.54, 1.807) is 6.73 Å². The van der Waals surface area contributed by atoms with Crippen LogP contribution in [0.25, 0.3) is 0 Å². The summed E-state index contributed by atoms with van der Waals surface area (Å²) in [6.45, 7) is 6.00. The molecule has 0 spiro atoms. The molecule has 0 aromatic rings. The van der Waals surface area contributed by atoms with Crippen LogP contribution in [-0.2, 0) is 4.84 Å². The third kappa shape index (κ3) is 1.14. The maximum absolute atomic E-state index is 4.77. The van der Waals surface area contributed by atoms with E-state index in [4.69, 9.17) is 4.84 Å². The highest BCUT2D eigenvalue weighted by Crippen LogP contribution is 2.19. The highest BCUT2D eigenvalue weighted by atomic mass is 16.8. The van der Waals surface area contributed by atoms with Crippen molar-refractivity contribution in [3.8, 4) is 0 Å². The normalized spacial score (nSPS) is 32.6. The minimum Gasteiger partial charge on any atom is -0.270 e. The molecule has 0 aromatic heterocycles. The Morgan fingerprint density at radius 2 is 2.43 bits per heavy atom. The van der Waals surface area contributed by atoms with Gasteiger partial charge in [0.1, 0.15) is 0 Å². The van der Waals surface area contributed by atoms with Crippen molar-refractivity contribution in [3.63, 3.8) is 0 Å². The van der Waals surface area contributed by atoms with Crippen LogP contribution in [0.4, 0.5) is 0 Å². The van der Waals surface area contributed by atoms with Crippen molar-refractivity contribution in [1.29, 1.82) is 0 Å². The Hall–Kier alpha value is -0.0800. The quantitative estimate of drug-likeness (QED) is 0.484. The molecule has 1 aliphatic heterocycles. The highest BCUT2D eigenvalue weighted by Gasteiger charge is 2.25. The zero-order valence-corrected chi connectivity index (χ0v) is 4.72. The van der Waals surface area contributed by atoms with Crippen LogP contribution in [-0.4, -0.2) is 11.1 Å². The van der Waals surface area contributed by atoms with Crippen LogP contribution >= 0.6 is 0 Å². The minimum atomic E-state index is 0.569. The standard InChI is InChI=1S/C5H10NO/c1-3-5(2)6-4-7-6/h4-5H,3H2,1-2H3. The third-order valence-corrected chi connectivity index (χ3v) is 1.25. The summed E-state index contributed by atoms with van der Waals surface area (Å²) in [7, 11) is 0. The molecule has 2 nitrogen and oxygen atoms in total. The smallest absolute Gasteiger partial charge is 0.198 e. The van der Waals surface area contributed by atoms with E-state index >= 15 is 0 Å². The fourth-order valence-electron chi connectivity index (χ4n) is 0.415. The van der Waals surface area contributed by atoms with Gasteiger partial charge in [0, 0.05) is 6.04 Å². The van der Waals surface area contributed by atoms with Crippen LogP contribution in [0.5, 0.6) is 0 Å². The van der Waals surface area contributed by atoms with Crippen molar-refractivity contribution in [2.75, 3.05) is 0 Å². The van der Waals surface area contributed by atoms with Gasteiger partial charge in [-0.25, -0.2) is 0 Å². The Kier molecular flexibility index (Phi) is 1.30. The van der Waals surface area contributed by atoms with E-state index in [0.29, 0.717) is 6.04 Å². The van der Waals surface area contributed by atoms with Crippen molar-refractivity contribution < 1.29 is 4.84 Å². The van der Waals surface area contributed by atoms with Crippen LogP contribution < -0.4 is 0 Å². The van der Waals surface area contributed by atoms with Crippen LogP contribution in [0.2, 0.25) is 0 Å². The predicted octanol–water partition coefficient (Wildman–Crippen LogP) is 1.15. The molecule has 0 bridgehead atoms. The molecule has 1 aliphatic rings. The van der Waals surface area contributed by atoms with Gasteiger partial charge in [-0.2, -0.15) is 0 Å². The second-order valence-corrected chi connectivity index (χ2v) is 1.83. The predicted molar refractivity (Wildman–Crippen MR) is 27.0 cm³/mol. The largest absolute Gasteiger partial charge is 0.270 e. The van der Waals surface area contributed by atoms with E-state index < -0.39 is 0 Å². The van der Waals surface area contributed by atoms with Gasteiger partial charge in [0.15, 0.2) is 6.73 Å². The van der Waals surface area contributed by atoms with Gasteiger partial charge < -0.3 is 0 Å². The average Bonchev–Trinajstić information content (AvgIpc) is 2.44. The van der Waals surface area contributed by atoms with E-state index in [-0.39, 0.29) is 0 Å². The lowest BCUT2D eigenvalue weighted by Crippen LogP contribution is -2.09. The SMILES string of the molecule is CCC(C)N1[CH]O1. The summed E-state index contributed by atoms with van der Waals surface area (Å²) in [4.78, 5) is 4.77. The van der Waals surface area contributed by atoms with Crippen molar-refractivity contribution in [2.45, 2.75) is 26.3 Å². The number of hydrogen-bond donors (Lipinski definition) is 0. The van der Waals surface area contributed by atoms with Crippen molar-refractivity contribution in [2.24, 2.45) is 0 Å². The van der Waals surface area contributed by atoms with Crippen molar-refractivity contribution in [1.82, 2.24) is 5.06 Å². The van der Waals surface area contributed by atoms with E-state index in [1.807, 2.05) is 5.06 Å². The zero-order valence-electron chi connectivity index (χ0n) is 4.72. The monoisotopic (exact) mass is 100 g/mol. The van der Waals surface area contributed by atoms with E-state index in [0.717, 1.165) is 6.42 Å². The molecular weight excluding hydrogens is 90.1 g/mol. The highest BCUT2D eigenvalue weighted by molar-refractivity contribution is 4.67. The topological polar surface area (TPSA) is 15.5 Å². The summed E-state index contributed by atoms with van der Waals surface area (Å²) in [5.74, 6) is 0. The number of rotatable bonds is 2. The lowest BCUT2D eigenvalue weighted by molar-refractivity contribution is 0.153. The molecule has 0 saturated carbocycles. The van der Waals surface area contributed by atoms with Crippen LogP contribution in [0.15, 0.2) is 0 Å². The molecule has 1 fully saturated rings. The Labute approximate surface area is 44.0 Å². The van der Waals surface area contributed by atoms with Gasteiger partial charge in [-0.1, -0.05) is 6.92 Å². The fourth-order valence-corrected chi connectivity index (χ4v) is 0.415. The molecule has 2 atom stereocenters. The molecule has 0 N–H and O–H groups in total. The summed E-state index contributed by atoms with van der Waals surface area (Å²) in [5.41, 5.74) is 0. The van der Waals surface area contributed by atoms with E-state index in [1.165, 1.54) is 0 Å². The number of nitrogens with zero attached hydrogens (tertiary/aromatic N) is 1. The number of hydroxylamine groups is 2. The van der Waals surface area contributed by atoms with Gasteiger partial charge in [0.25, 0.3) is 0 Å². The summed E-state index contributed by atoms with van der Waals surface area (Å²) in [6.07, 6.45) is 1.15. The van der Waals surface area contributed by atoms with Gasteiger partial charge in [-0.15, -0.1) is 5.06 Å². The molecule has 0 aromatic carbocycles. The minimum absolute atomic E-state index is 0.569. The summed E-state index contributed by atoms with van der Waals surface area (Å²) in [5, 5.41) is 1.85. The van der Waals surface area contributed by atoms with Crippen LogP contribution in [0.1, 0.15) is 20.3 Å². The maximum Gasteiger partial charge on any atom is 0.198 e. The summed E-state index contributed by atoms with van der Waals surface area (Å²) in [6, 6.07) is 0.569. The van der Waals surface area contributed by atoms with E-state index in [9.17, 15) is 0 Å². The molecule has 2 heteroatoms. The first-order chi connectivity index (χ1) is 3.34. The molecule has 0 amide bonds. The Balaban J connectivity index is 2.10. The average molecular weight is 100 g/mol. The van der Waals surface area contributed by atoms with Crippen molar-refractivity contribution >= 4 is 0 Å². The molecule has 1 saturated heterocycles. The van der Waals surface area contributed by atoms with Gasteiger partial charge in [0.05, 0.1) is 0 Å². The Morgan fingerprint density at radius 3 is 2.57 bits per heavy atom. The Bertz CT molecular complexity index is 61.1. The summed E-state index contributed by atoms with van der Waals surface area (Å²) >= 11 is 0. The molecule has 2 unspecified atom stereocenters. The second kappa shape index (κ2) is 1.80.